The largest absolute Gasteiger partial charge is 0.323 e. The van der Waals surface area contributed by atoms with Crippen molar-refractivity contribution in [2.24, 2.45) is 0 Å². The minimum Gasteiger partial charge on any atom is -0.323 e. The minimum atomic E-state index is -0.535. The van der Waals surface area contributed by atoms with E-state index >= 15 is 0 Å². The molecular formula is C18H17ClFN5OS. The highest BCUT2D eigenvalue weighted by molar-refractivity contribution is 7.99. The van der Waals surface area contributed by atoms with Gasteiger partial charge in [-0.05, 0) is 36.8 Å². The molecule has 1 amide bonds. The summed E-state index contributed by atoms with van der Waals surface area (Å²) >= 11 is 7.09. The molecule has 2 aromatic heterocycles. The SMILES string of the molecule is CCCn1c(SCC(=O)Nc2cc(Cl)ccc2F)nnc1-c1ccncc1. The van der Waals surface area contributed by atoms with Crippen LogP contribution in [-0.2, 0) is 11.3 Å². The molecule has 0 aliphatic rings. The molecule has 2 heterocycles. The quantitative estimate of drug-likeness (QED) is 0.594. The second kappa shape index (κ2) is 8.96. The van der Waals surface area contributed by atoms with E-state index < -0.39 is 5.82 Å². The predicted octanol–water partition coefficient (Wildman–Crippen LogP) is 4.27. The molecule has 1 N–H and O–H groups in total. The number of thioether (sulfide) groups is 1. The molecule has 0 radical (unpaired) electrons. The van der Waals surface area contributed by atoms with Gasteiger partial charge in [-0.3, -0.25) is 9.78 Å². The number of benzene rings is 1. The van der Waals surface area contributed by atoms with Gasteiger partial charge in [0.25, 0.3) is 0 Å². The molecule has 0 saturated carbocycles. The van der Waals surface area contributed by atoms with Gasteiger partial charge in [0.2, 0.25) is 5.91 Å². The van der Waals surface area contributed by atoms with Crippen LogP contribution in [0.4, 0.5) is 10.1 Å². The van der Waals surface area contributed by atoms with Crippen LogP contribution >= 0.6 is 23.4 Å². The van der Waals surface area contributed by atoms with Gasteiger partial charge in [-0.1, -0.05) is 30.3 Å². The van der Waals surface area contributed by atoms with Gasteiger partial charge >= 0.3 is 0 Å². The van der Waals surface area contributed by atoms with Crippen LogP contribution < -0.4 is 5.32 Å². The molecular weight excluding hydrogens is 389 g/mol. The van der Waals surface area contributed by atoms with Crippen molar-refractivity contribution in [1.82, 2.24) is 19.7 Å². The maximum atomic E-state index is 13.7. The van der Waals surface area contributed by atoms with Gasteiger partial charge in [0.15, 0.2) is 11.0 Å². The predicted molar refractivity (Wildman–Crippen MR) is 104 cm³/mol. The summed E-state index contributed by atoms with van der Waals surface area (Å²) in [6, 6.07) is 7.73. The van der Waals surface area contributed by atoms with Crippen molar-refractivity contribution in [3.8, 4) is 11.4 Å². The second-order valence-corrected chi connectivity index (χ2v) is 7.03. The number of pyridine rings is 1. The molecule has 0 aliphatic heterocycles. The Kier molecular flexibility index (Phi) is 6.41. The van der Waals surface area contributed by atoms with Gasteiger partial charge < -0.3 is 9.88 Å². The van der Waals surface area contributed by atoms with Crippen molar-refractivity contribution in [3.05, 3.63) is 53.6 Å². The fourth-order valence-corrected chi connectivity index (χ4v) is 3.38. The van der Waals surface area contributed by atoms with Gasteiger partial charge in [0, 0.05) is 29.5 Å². The molecule has 3 rings (SSSR count). The molecule has 27 heavy (non-hydrogen) atoms. The molecule has 0 aliphatic carbocycles. The summed E-state index contributed by atoms with van der Waals surface area (Å²) in [6.45, 7) is 2.77. The summed E-state index contributed by atoms with van der Waals surface area (Å²) in [4.78, 5) is 16.2. The molecule has 0 unspecified atom stereocenters. The summed E-state index contributed by atoms with van der Waals surface area (Å²) in [5, 5.41) is 12.0. The van der Waals surface area contributed by atoms with Crippen molar-refractivity contribution in [3.63, 3.8) is 0 Å². The third-order valence-electron chi connectivity index (χ3n) is 3.64. The average Bonchev–Trinajstić information content (AvgIpc) is 3.07. The van der Waals surface area contributed by atoms with Crippen LogP contribution in [-0.4, -0.2) is 31.4 Å². The number of carbonyl (C=O) groups is 1. The molecule has 0 spiro atoms. The van der Waals surface area contributed by atoms with Gasteiger partial charge in [0.05, 0.1) is 11.4 Å². The molecule has 0 atom stereocenters. The van der Waals surface area contributed by atoms with Crippen LogP contribution in [0.2, 0.25) is 5.02 Å². The lowest BCUT2D eigenvalue weighted by atomic mass is 10.2. The van der Waals surface area contributed by atoms with Crippen LogP contribution in [0.25, 0.3) is 11.4 Å². The van der Waals surface area contributed by atoms with E-state index in [-0.39, 0.29) is 17.3 Å². The Labute approximate surface area is 165 Å². The highest BCUT2D eigenvalue weighted by Crippen LogP contribution is 2.25. The fraction of sp³-hybridized carbons (Fsp3) is 0.222. The van der Waals surface area contributed by atoms with E-state index in [1.54, 1.807) is 12.4 Å². The Hall–Kier alpha value is -2.45. The molecule has 0 saturated heterocycles. The smallest absolute Gasteiger partial charge is 0.234 e. The fourth-order valence-electron chi connectivity index (χ4n) is 2.44. The first kappa shape index (κ1) is 19.3. The number of halogens is 2. The standard InChI is InChI=1S/C18H17ClFN5OS/c1-2-9-25-17(12-5-7-21-8-6-12)23-24-18(25)27-11-16(26)22-15-10-13(19)3-4-14(15)20/h3-8,10H,2,9,11H2,1H3,(H,22,26). The second-order valence-electron chi connectivity index (χ2n) is 5.65. The Morgan fingerprint density at radius 3 is 2.78 bits per heavy atom. The lowest BCUT2D eigenvalue weighted by Crippen LogP contribution is -2.15. The highest BCUT2D eigenvalue weighted by Gasteiger charge is 2.16. The number of aromatic nitrogens is 4. The Balaban J connectivity index is 1.71. The third-order valence-corrected chi connectivity index (χ3v) is 4.84. The van der Waals surface area contributed by atoms with Crippen molar-refractivity contribution in [2.45, 2.75) is 25.0 Å². The summed E-state index contributed by atoms with van der Waals surface area (Å²) in [6.07, 6.45) is 4.28. The average molecular weight is 406 g/mol. The number of anilines is 1. The topological polar surface area (TPSA) is 72.7 Å². The number of hydrogen-bond acceptors (Lipinski definition) is 5. The molecule has 9 heteroatoms. The minimum absolute atomic E-state index is 0.0561. The Morgan fingerprint density at radius 2 is 2.04 bits per heavy atom. The highest BCUT2D eigenvalue weighted by atomic mass is 35.5. The van der Waals surface area contributed by atoms with E-state index in [0.717, 1.165) is 24.4 Å². The van der Waals surface area contributed by atoms with Crippen molar-refractivity contribution >= 4 is 35.0 Å². The lowest BCUT2D eigenvalue weighted by Gasteiger charge is -2.09. The van der Waals surface area contributed by atoms with Crippen LogP contribution in [0.5, 0.6) is 0 Å². The van der Waals surface area contributed by atoms with Crippen molar-refractivity contribution < 1.29 is 9.18 Å². The van der Waals surface area contributed by atoms with Gasteiger partial charge in [-0.2, -0.15) is 0 Å². The molecule has 6 nitrogen and oxygen atoms in total. The van der Waals surface area contributed by atoms with Crippen LogP contribution in [0.3, 0.4) is 0 Å². The summed E-state index contributed by atoms with van der Waals surface area (Å²) in [5.41, 5.74) is 0.962. The zero-order valence-electron chi connectivity index (χ0n) is 14.5. The number of rotatable bonds is 7. The van der Waals surface area contributed by atoms with Crippen LogP contribution in [0.1, 0.15) is 13.3 Å². The van der Waals surface area contributed by atoms with E-state index in [1.807, 2.05) is 16.7 Å². The van der Waals surface area contributed by atoms with E-state index in [4.69, 9.17) is 11.6 Å². The lowest BCUT2D eigenvalue weighted by molar-refractivity contribution is -0.113. The first-order valence-corrected chi connectivity index (χ1v) is 9.66. The number of hydrogen-bond donors (Lipinski definition) is 1. The summed E-state index contributed by atoms with van der Waals surface area (Å²) < 4.78 is 15.7. The molecule has 140 valence electrons. The maximum absolute atomic E-state index is 13.7. The van der Waals surface area contributed by atoms with Gasteiger partial charge in [0.1, 0.15) is 5.82 Å². The van der Waals surface area contributed by atoms with Gasteiger partial charge in [-0.25, -0.2) is 4.39 Å². The molecule has 0 fully saturated rings. The number of nitrogens with zero attached hydrogens (tertiary/aromatic N) is 4. The van der Waals surface area contributed by atoms with E-state index in [9.17, 15) is 9.18 Å². The van der Waals surface area contributed by atoms with Gasteiger partial charge in [-0.15, -0.1) is 10.2 Å². The Morgan fingerprint density at radius 1 is 1.26 bits per heavy atom. The van der Waals surface area contributed by atoms with Crippen LogP contribution in [0, 0.1) is 5.82 Å². The number of nitrogens with one attached hydrogen (secondary N) is 1. The first-order chi connectivity index (χ1) is 13.1. The van der Waals surface area contributed by atoms with E-state index in [2.05, 4.69) is 27.4 Å². The molecule has 0 bridgehead atoms. The third kappa shape index (κ3) is 4.84. The zero-order chi connectivity index (χ0) is 19.2. The normalized spacial score (nSPS) is 10.8. The van der Waals surface area contributed by atoms with E-state index in [1.165, 1.54) is 30.0 Å². The molecule has 3 aromatic rings. The molecule has 1 aromatic carbocycles. The van der Waals surface area contributed by atoms with Crippen LogP contribution in [0.15, 0.2) is 47.9 Å². The number of amides is 1. The summed E-state index contributed by atoms with van der Waals surface area (Å²) in [5.74, 6) is -0.0861. The van der Waals surface area contributed by atoms with E-state index in [0.29, 0.717) is 10.2 Å². The monoisotopic (exact) mass is 405 g/mol. The summed E-state index contributed by atoms with van der Waals surface area (Å²) in [7, 11) is 0. The number of carbonyl (C=O) groups excluding carboxylic acids is 1. The zero-order valence-corrected chi connectivity index (χ0v) is 16.1. The first-order valence-electron chi connectivity index (χ1n) is 8.29. The maximum Gasteiger partial charge on any atom is 0.234 e. The van der Waals surface area contributed by atoms with Crippen molar-refractivity contribution in [1.29, 1.82) is 0 Å². The van der Waals surface area contributed by atoms with Crippen molar-refractivity contribution in [2.75, 3.05) is 11.1 Å². The Bertz CT molecular complexity index is 935.